The van der Waals surface area contributed by atoms with Crippen LogP contribution in [0.2, 0.25) is 0 Å². The van der Waals surface area contributed by atoms with Gasteiger partial charge in [-0.25, -0.2) is 0 Å². The molecule has 1 aromatic rings. The summed E-state index contributed by atoms with van der Waals surface area (Å²) in [4.78, 5) is 4.04. The first-order valence-corrected chi connectivity index (χ1v) is 7.08. The van der Waals surface area contributed by atoms with Crippen LogP contribution in [0.3, 0.4) is 0 Å². The molecular formula is C12H20N3S+. The Hall–Kier alpha value is -0.610. The van der Waals surface area contributed by atoms with Gasteiger partial charge in [-0.15, -0.1) is 0 Å². The molecule has 0 N–H and O–H groups in total. The Morgan fingerprint density at radius 2 is 1.88 bits per heavy atom. The minimum atomic E-state index is 1.17. The van der Waals surface area contributed by atoms with Crippen LogP contribution in [0, 0.1) is 0 Å². The van der Waals surface area contributed by atoms with E-state index in [4.69, 9.17) is 0 Å². The van der Waals surface area contributed by atoms with Gasteiger partial charge < -0.3 is 4.90 Å². The molecule has 1 saturated heterocycles. The minimum Gasteiger partial charge on any atom is -0.302 e. The number of nitrogens with zero attached hydrogens (tertiary/aromatic N) is 3. The average Bonchev–Trinajstić information content (AvgIpc) is 2.73. The summed E-state index contributed by atoms with van der Waals surface area (Å²) in [7, 11) is 2.21. The fourth-order valence-electron chi connectivity index (χ4n) is 2.55. The van der Waals surface area contributed by atoms with Gasteiger partial charge in [0.25, 0.3) is 0 Å². The second-order valence-electron chi connectivity index (χ2n) is 4.94. The van der Waals surface area contributed by atoms with E-state index in [2.05, 4.69) is 27.2 Å². The molecule has 3 rings (SSSR count). The van der Waals surface area contributed by atoms with Gasteiger partial charge in [-0.3, -0.25) is 0 Å². The Morgan fingerprint density at radius 1 is 1.12 bits per heavy atom. The van der Waals surface area contributed by atoms with E-state index < -0.39 is 0 Å². The van der Waals surface area contributed by atoms with Gasteiger partial charge in [0.15, 0.2) is 11.5 Å². The zero-order valence-corrected chi connectivity index (χ0v) is 10.8. The van der Waals surface area contributed by atoms with Crippen LogP contribution in [0.25, 0.3) is 0 Å². The molecule has 0 saturated carbocycles. The second kappa shape index (κ2) is 4.34. The van der Waals surface area contributed by atoms with Gasteiger partial charge in [0, 0.05) is 18.7 Å². The number of hydrogen-bond acceptors (Lipinski definition) is 3. The van der Waals surface area contributed by atoms with Crippen molar-refractivity contribution in [3.63, 3.8) is 0 Å². The highest BCUT2D eigenvalue weighted by atomic mass is 32.1. The predicted octanol–water partition coefficient (Wildman–Crippen LogP) is 0.798. The Morgan fingerprint density at radius 3 is 2.62 bits per heavy atom. The molecule has 1 fully saturated rings. The topological polar surface area (TPSA) is 10.4 Å². The normalized spacial score (nSPS) is 22.2. The minimum absolute atomic E-state index is 1.17. The molecule has 0 bridgehead atoms. The molecule has 4 heteroatoms. The third kappa shape index (κ3) is 1.96. The van der Waals surface area contributed by atoms with Crippen molar-refractivity contribution in [2.24, 2.45) is 0 Å². The smallest absolute Gasteiger partial charge is 0.220 e. The molecule has 2 aliphatic rings. The van der Waals surface area contributed by atoms with Gasteiger partial charge in [0.2, 0.25) is 6.20 Å². The van der Waals surface area contributed by atoms with Crippen LogP contribution >= 0.6 is 11.5 Å². The number of fused-ring (bicyclic) bond motifs is 1. The lowest BCUT2D eigenvalue weighted by molar-refractivity contribution is -0.627. The highest BCUT2D eigenvalue weighted by Gasteiger charge is 2.26. The summed E-state index contributed by atoms with van der Waals surface area (Å²) in [5.41, 5.74) is 1.61. The van der Waals surface area contributed by atoms with E-state index in [9.17, 15) is 0 Å². The van der Waals surface area contributed by atoms with Gasteiger partial charge in [0.1, 0.15) is 0 Å². The third-order valence-electron chi connectivity index (χ3n) is 3.69. The van der Waals surface area contributed by atoms with Gasteiger partial charge in [-0.05, 0) is 36.8 Å². The van der Waals surface area contributed by atoms with Crippen LogP contribution in [0.4, 0.5) is 0 Å². The van der Waals surface area contributed by atoms with E-state index in [1.54, 1.807) is 10.4 Å². The van der Waals surface area contributed by atoms with E-state index in [1.165, 1.54) is 51.9 Å². The molecule has 0 spiro atoms. The number of aromatic nitrogens is 1. The molecule has 1 aromatic heterocycles. The molecule has 88 valence electrons. The first kappa shape index (κ1) is 10.5. The highest BCUT2D eigenvalue weighted by molar-refractivity contribution is 7.01. The third-order valence-corrected chi connectivity index (χ3v) is 4.90. The van der Waals surface area contributed by atoms with Crippen LogP contribution in [-0.4, -0.2) is 38.1 Å². The van der Waals surface area contributed by atoms with Gasteiger partial charge in [-0.2, -0.15) is 5.01 Å². The van der Waals surface area contributed by atoms with E-state index in [0.29, 0.717) is 0 Å². The summed E-state index contributed by atoms with van der Waals surface area (Å²) in [6.07, 6.45) is 7.75. The molecule has 2 heterocycles. The van der Waals surface area contributed by atoms with Crippen LogP contribution in [0.15, 0.2) is 6.20 Å². The van der Waals surface area contributed by atoms with Gasteiger partial charge >= 0.3 is 0 Å². The molecule has 0 atom stereocenters. The van der Waals surface area contributed by atoms with Crippen molar-refractivity contribution in [1.29, 1.82) is 0 Å². The first-order chi connectivity index (χ1) is 7.83. The molecular weight excluding hydrogens is 218 g/mol. The molecule has 0 radical (unpaired) electrons. The summed E-state index contributed by atoms with van der Waals surface area (Å²) in [6, 6.07) is 0. The van der Waals surface area contributed by atoms with Gasteiger partial charge in [-0.1, -0.05) is 0 Å². The lowest BCUT2D eigenvalue weighted by atomic mass is 10.0. The summed E-state index contributed by atoms with van der Waals surface area (Å²) >= 11 is 1.97. The maximum Gasteiger partial charge on any atom is 0.220 e. The largest absolute Gasteiger partial charge is 0.302 e. The van der Waals surface area contributed by atoms with E-state index in [1.807, 2.05) is 11.5 Å². The predicted molar refractivity (Wildman–Crippen MR) is 66.6 cm³/mol. The van der Waals surface area contributed by atoms with Crippen molar-refractivity contribution in [3.8, 4) is 0 Å². The van der Waals surface area contributed by atoms with Crippen LogP contribution in [-0.2, 0) is 12.8 Å². The summed E-state index contributed by atoms with van der Waals surface area (Å²) in [5.74, 6) is 0. The second-order valence-corrected chi connectivity index (χ2v) is 5.98. The molecule has 16 heavy (non-hydrogen) atoms. The van der Waals surface area contributed by atoms with E-state index in [-0.39, 0.29) is 0 Å². The Balaban J connectivity index is 1.76. The number of piperazine rings is 1. The SMILES string of the molecule is CN1CCN([n+]2cc3c(s2)CCCC3)CC1. The summed E-state index contributed by atoms with van der Waals surface area (Å²) in [5, 5.41) is 2.49. The average molecular weight is 238 g/mol. The standard InChI is InChI=1S/C12H20N3S/c1-13-6-8-14(9-7-13)15-10-11-4-2-3-5-12(11)16-15/h10H,2-9H2,1H3/q+1. The molecule has 0 aromatic carbocycles. The molecule has 1 aliphatic heterocycles. The molecule has 0 unspecified atom stereocenters. The molecule has 0 amide bonds. The van der Waals surface area contributed by atoms with Crippen molar-refractivity contribution < 1.29 is 4.07 Å². The molecule has 3 nitrogen and oxygen atoms in total. The zero-order chi connectivity index (χ0) is 11.0. The maximum atomic E-state index is 2.49. The lowest BCUT2D eigenvalue weighted by Gasteiger charge is -2.27. The van der Waals surface area contributed by atoms with Crippen LogP contribution in [0.1, 0.15) is 23.3 Å². The monoisotopic (exact) mass is 238 g/mol. The fraction of sp³-hybridized carbons (Fsp3) is 0.750. The summed E-state index contributed by atoms with van der Waals surface area (Å²) in [6.45, 7) is 4.71. The van der Waals surface area contributed by atoms with Crippen molar-refractivity contribution in [2.45, 2.75) is 25.7 Å². The number of likely N-dealkylation sites (N-methyl/N-ethyl adjacent to an activating group) is 1. The first-order valence-electron chi connectivity index (χ1n) is 6.30. The number of aryl methyl sites for hydroxylation is 2. The van der Waals surface area contributed by atoms with Crippen molar-refractivity contribution in [2.75, 3.05) is 38.2 Å². The Labute approximate surface area is 101 Å². The quantitative estimate of drug-likeness (QED) is 0.670. The summed E-state index contributed by atoms with van der Waals surface area (Å²) < 4.78 is 2.39. The Bertz CT molecular complexity index is 343. The maximum absolute atomic E-state index is 2.49. The number of rotatable bonds is 1. The zero-order valence-electron chi connectivity index (χ0n) is 9.98. The van der Waals surface area contributed by atoms with Crippen LogP contribution < -0.4 is 9.07 Å². The highest BCUT2D eigenvalue weighted by Crippen LogP contribution is 2.22. The molecule has 1 aliphatic carbocycles. The van der Waals surface area contributed by atoms with Crippen molar-refractivity contribution in [1.82, 2.24) is 4.90 Å². The van der Waals surface area contributed by atoms with E-state index >= 15 is 0 Å². The van der Waals surface area contributed by atoms with Gasteiger partial charge in [0.05, 0.1) is 18.0 Å². The van der Waals surface area contributed by atoms with Crippen molar-refractivity contribution in [3.05, 3.63) is 16.6 Å². The van der Waals surface area contributed by atoms with E-state index in [0.717, 1.165) is 0 Å². The van der Waals surface area contributed by atoms with Crippen LogP contribution in [0.5, 0.6) is 0 Å². The lowest BCUT2D eigenvalue weighted by Crippen LogP contribution is -2.62. The number of hydrogen-bond donors (Lipinski definition) is 0. The Kier molecular flexibility index (Phi) is 2.86. The van der Waals surface area contributed by atoms with Crippen molar-refractivity contribution >= 4 is 11.5 Å². The fourth-order valence-corrected chi connectivity index (χ4v) is 3.74.